The first-order valence-electron chi connectivity index (χ1n) is 7.65. The number of carbonyl (C=O) groups excluding carboxylic acids is 1. The van der Waals surface area contributed by atoms with Crippen molar-refractivity contribution >= 4 is 11.6 Å². The molecule has 0 atom stereocenters. The van der Waals surface area contributed by atoms with Crippen LogP contribution in [0.4, 0.5) is 5.69 Å². The molecule has 0 aliphatic heterocycles. The molecule has 2 aromatic carbocycles. The SMILES string of the molecule is COc1ccc(N(C)C(=O)COc2ccc(C)c(C)c2)cc1OC. The Hall–Kier alpha value is -2.69. The number of anilines is 1. The number of amides is 1. The topological polar surface area (TPSA) is 48.0 Å². The van der Waals surface area contributed by atoms with Gasteiger partial charge in [0, 0.05) is 18.8 Å². The van der Waals surface area contributed by atoms with Gasteiger partial charge in [-0.1, -0.05) is 6.07 Å². The van der Waals surface area contributed by atoms with Crippen molar-refractivity contribution in [2.24, 2.45) is 0 Å². The maximum absolute atomic E-state index is 12.4. The van der Waals surface area contributed by atoms with Gasteiger partial charge in [-0.25, -0.2) is 0 Å². The molecule has 0 saturated heterocycles. The number of methoxy groups -OCH3 is 2. The Bertz CT molecular complexity index is 727. The van der Waals surface area contributed by atoms with Gasteiger partial charge >= 0.3 is 0 Å². The van der Waals surface area contributed by atoms with Crippen molar-refractivity contribution < 1.29 is 19.0 Å². The van der Waals surface area contributed by atoms with Crippen molar-refractivity contribution in [1.29, 1.82) is 0 Å². The first-order valence-corrected chi connectivity index (χ1v) is 7.65. The highest BCUT2D eigenvalue weighted by molar-refractivity contribution is 5.94. The quantitative estimate of drug-likeness (QED) is 0.815. The minimum Gasteiger partial charge on any atom is -0.493 e. The van der Waals surface area contributed by atoms with Crippen LogP contribution in [0.3, 0.4) is 0 Å². The van der Waals surface area contributed by atoms with E-state index < -0.39 is 0 Å². The van der Waals surface area contributed by atoms with Crippen LogP contribution in [-0.4, -0.2) is 33.8 Å². The summed E-state index contributed by atoms with van der Waals surface area (Å²) < 4.78 is 16.1. The van der Waals surface area contributed by atoms with E-state index in [1.807, 2.05) is 32.0 Å². The molecule has 128 valence electrons. The Balaban J connectivity index is 2.05. The standard InChI is InChI=1S/C19H23NO4/c1-13-6-8-16(10-14(13)2)24-12-19(21)20(3)15-7-9-17(22-4)18(11-15)23-5/h6-11H,12H2,1-5H3. The summed E-state index contributed by atoms with van der Waals surface area (Å²) in [5, 5.41) is 0. The summed E-state index contributed by atoms with van der Waals surface area (Å²) in [4.78, 5) is 13.9. The van der Waals surface area contributed by atoms with Crippen LogP contribution in [0.1, 0.15) is 11.1 Å². The van der Waals surface area contributed by atoms with Gasteiger partial charge in [0.05, 0.1) is 14.2 Å². The van der Waals surface area contributed by atoms with Gasteiger partial charge in [-0.2, -0.15) is 0 Å². The molecular formula is C19H23NO4. The number of hydrogen-bond donors (Lipinski definition) is 0. The molecule has 0 N–H and O–H groups in total. The van der Waals surface area contributed by atoms with E-state index in [-0.39, 0.29) is 12.5 Å². The molecule has 24 heavy (non-hydrogen) atoms. The summed E-state index contributed by atoms with van der Waals surface area (Å²) in [6, 6.07) is 11.1. The molecule has 0 aliphatic rings. The van der Waals surface area contributed by atoms with E-state index in [1.54, 1.807) is 39.5 Å². The fourth-order valence-electron chi connectivity index (χ4n) is 2.22. The van der Waals surface area contributed by atoms with E-state index in [9.17, 15) is 4.79 Å². The fraction of sp³-hybridized carbons (Fsp3) is 0.316. The Morgan fingerprint density at radius 2 is 1.67 bits per heavy atom. The minimum absolute atomic E-state index is 0.0344. The van der Waals surface area contributed by atoms with Gasteiger partial charge in [0.2, 0.25) is 0 Å². The molecule has 2 aromatic rings. The monoisotopic (exact) mass is 329 g/mol. The lowest BCUT2D eigenvalue weighted by atomic mass is 10.1. The van der Waals surface area contributed by atoms with Crippen LogP contribution in [0, 0.1) is 13.8 Å². The molecule has 0 bridgehead atoms. The average molecular weight is 329 g/mol. The second-order valence-corrected chi connectivity index (χ2v) is 5.53. The highest BCUT2D eigenvalue weighted by Gasteiger charge is 2.14. The first-order chi connectivity index (χ1) is 11.5. The zero-order valence-electron chi connectivity index (χ0n) is 14.8. The van der Waals surface area contributed by atoms with E-state index in [1.165, 1.54) is 10.5 Å². The molecule has 0 radical (unpaired) electrons. The maximum Gasteiger partial charge on any atom is 0.264 e. The number of ether oxygens (including phenoxy) is 3. The molecule has 0 heterocycles. The second kappa shape index (κ2) is 7.73. The molecule has 1 amide bonds. The summed E-state index contributed by atoms with van der Waals surface area (Å²) in [6.45, 7) is 4.02. The zero-order valence-corrected chi connectivity index (χ0v) is 14.8. The Morgan fingerprint density at radius 3 is 2.29 bits per heavy atom. The van der Waals surface area contributed by atoms with Crippen LogP contribution in [0.2, 0.25) is 0 Å². The third-order valence-electron chi connectivity index (χ3n) is 3.97. The van der Waals surface area contributed by atoms with Gasteiger partial charge in [-0.15, -0.1) is 0 Å². The van der Waals surface area contributed by atoms with Crippen molar-refractivity contribution in [3.8, 4) is 17.2 Å². The average Bonchev–Trinajstić information content (AvgIpc) is 2.61. The van der Waals surface area contributed by atoms with E-state index in [2.05, 4.69) is 0 Å². The largest absolute Gasteiger partial charge is 0.493 e. The highest BCUT2D eigenvalue weighted by Crippen LogP contribution is 2.31. The van der Waals surface area contributed by atoms with Gasteiger partial charge in [0.1, 0.15) is 5.75 Å². The molecule has 0 spiro atoms. The van der Waals surface area contributed by atoms with E-state index in [0.717, 1.165) is 5.56 Å². The molecular weight excluding hydrogens is 306 g/mol. The maximum atomic E-state index is 12.4. The summed E-state index contributed by atoms with van der Waals surface area (Å²) in [6.07, 6.45) is 0. The van der Waals surface area contributed by atoms with Crippen LogP contribution in [0.25, 0.3) is 0 Å². The van der Waals surface area contributed by atoms with Crippen LogP contribution in [-0.2, 0) is 4.79 Å². The van der Waals surface area contributed by atoms with E-state index in [4.69, 9.17) is 14.2 Å². The summed E-state index contributed by atoms with van der Waals surface area (Å²) in [7, 11) is 4.84. The molecule has 0 fully saturated rings. The highest BCUT2D eigenvalue weighted by atomic mass is 16.5. The van der Waals surface area contributed by atoms with E-state index in [0.29, 0.717) is 22.9 Å². The molecule has 5 nitrogen and oxygen atoms in total. The van der Waals surface area contributed by atoms with Crippen molar-refractivity contribution in [2.45, 2.75) is 13.8 Å². The van der Waals surface area contributed by atoms with Gasteiger partial charge in [0.15, 0.2) is 18.1 Å². The lowest BCUT2D eigenvalue weighted by molar-refractivity contribution is -0.120. The van der Waals surface area contributed by atoms with Crippen LogP contribution >= 0.6 is 0 Å². The summed E-state index contributed by atoms with van der Waals surface area (Å²) in [5.74, 6) is 1.73. The van der Waals surface area contributed by atoms with Crippen LogP contribution in [0.5, 0.6) is 17.2 Å². The third-order valence-corrected chi connectivity index (χ3v) is 3.97. The number of benzene rings is 2. The number of hydrogen-bond acceptors (Lipinski definition) is 4. The van der Waals surface area contributed by atoms with Gasteiger partial charge < -0.3 is 19.1 Å². The first kappa shape index (κ1) is 17.7. The van der Waals surface area contributed by atoms with Crippen molar-refractivity contribution in [1.82, 2.24) is 0 Å². The third kappa shape index (κ3) is 3.98. The Morgan fingerprint density at radius 1 is 0.958 bits per heavy atom. The molecule has 5 heteroatoms. The molecule has 0 unspecified atom stereocenters. The molecule has 0 aromatic heterocycles. The number of rotatable bonds is 6. The Labute approximate surface area is 142 Å². The smallest absolute Gasteiger partial charge is 0.264 e. The lowest BCUT2D eigenvalue weighted by Gasteiger charge is -2.19. The van der Waals surface area contributed by atoms with Crippen molar-refractivity contribution in [2.75, 3.05) is 32.8 Å². The summed E-state index contributed by atoms with van der Waals surface area (Å²) >= 11 is 0. The van der Waals surface area contributed by atoms with Crippen molar-refractivity contribution in [3.05, 3.63) is 47.5 Å². The molecule has 0 saturated carbocycles. The van der Waals surface area contributed by atoms with Crippen LogP contribution in [0.15, 0.2) is 36.4 Å². The Kier molecular flexibility index (Phi) is 5.68. The summed E-state index contributed by atoms with van der Waals surface area (Å²) in [5.41, 5.74) is 3.03. The number of aryl methyl sites for hydroxylation is 2. The number of nitrogens with zero attached hydrogens (tertiary/aromatic N) is 1. The predicted molar refractivity (Wildman–Crippen MR) is 94.4 cm³/mol. The number of likely N-dealkylation sites (N-methyl/N-ethyl adjacent to an activating group) is 1. The molecule has 0 aliphatic carbocycles. The molecule has 2 rings (SSSR count). The minimum atomic E-state index is -0.152. The number of carbonyl (C=O) groups is 1. The van der Waals surface area contributed by atoms with Crippen LogP contribution < -0.4 is 19.1 Å². The zero-order chi connectivity index (χ0) is 17.7. The van der Waals surface area contributed by atoms with Gasteiger partial charge in [0.25, 0.3) is 5.91 Å². The lowest BCUT2D eigenvalue weighted by Crippen LogP contribution is -2.31. The predicted octanol–water partition coefficient (Wildman–Crippen LogP) is 3.36. The van der Waals surface area contributed by atoms with Crippen molar-refractivity contribution in [3.63, 3.8) is 0 Å². The van der Waals surface area contributed by atoms with Gasteiger partial charge in [-0.05, 0) is 49.2 Å². The second-order valence-electron chi connectivity index (χ2n) is 5.53. The van der Waals surface area contributed by atoms with E-state index >= 15 is 0 Å². The van der Waals surface area contributed by atoms with Gasteiger partial charge in [-0.3, -0.25) is 4.79 Å². The normalized spacial score (nSPS) is 10.2. The fourth-order valence-corrected chi connectivity index (χ4v) is 2.22.